The van der Waals surface area contributed by atoms with Crippen LogP contribution in [0.15, 0.2) is 60.7 Å². The fourth-order valence-corrected chi connectivity index (χ4v) is 2.83. The smallest absolute Gasteiger partial charge is 0.222 e. The maximum Gasteiger partial charge on any atom is 0.222 e. The molecule has 3 heteroatoms. The molecule has 118 valence electrons. The number of rotatable bonds is 5. The van der Waals surface area contributed by atoms with Crippen LogP contribution in [0.1, 0.15) is 30.4 Å². The van der Waals surface area contributed by atoms with Crippen LogP contribution in [-0.2, 0) is 10.2 Å². The van der Waals surface area contributed by atoms with Crippen molar-refractivity contribution in [1.82, 2.24) is 4.90 Å². The standard InChI is InChI=1S/C20H22N2O/c1-20(15-21,17-12-8-5-9-13-17)18(14-19(23)22(2)3)16-10-6-4-7-11-16/h4-13,18H,14H2,1-3H3/t18-,20+/m1/s1. The summed E-state index contributed by atoms with van der Waals surface area (Å²) in [7, 11) is 3.49. The monoisotopic (exact) mass is 306 g/mol. The maximum atomic E-state index is 12.3. The van der Waals surface area contributed by atoms with Gasteiger partial charge in [-0.2, -0.15) is 5.26 Å². The highest BCUT2D eigenvalue weighted by Gasteiger charge is 2.38. The first-order chi connectivity index (χ1) is 11.0. The highest BCUT2D eigenvalue weighted by molar-refractivity contribution is 5.77. The SMILES string of the molecule is CN(C)C(=O)C[C@H](c1ccccc1)[C@@](C)(C#N)c1ccccc1. The largest absolute Gasteiger partial charge is 0.349 e. The number of nitriles is 1. The van der Waals surface area contributed by atoms with Gasteiger partial charge in [-0.3, -0.25) is 4.79 Å². The summed E-state index contributed by atoms with van der Waals surface area (Å²) in [5.74, 6) is -0.178. The summed E-state index contributed by atoms with van der Waals surface area (Å²) in [4.78, 5) is 13.9. The van der Waals surface area contributed by atoms with Crippen LogP contribution in [0.4, 0.5) is 0 Å². The van der Waals surface area contributed by atoms with Gasteiger partial charge in [-0.05, 0) is 18.1 Å². The van der Waals surface area contributed by atoms with Crippen LogP contribution in [0.25, 0.3) is 0 Å². The lowest BCUT2D eigenvalue weighted by atomic mass is 9.68. The summed E-state index contributed by atoms with van der Waals surface area (Å²) in [6.07, 6.45) is 0.302. The van der Waals surface area contributed by atoms with Crippen LogP contribution in [0.3, 0.4) is 0 Å². The second kappa shape index (κ2) is 7.11. The maximum absolute atomic E-state index is 12.3. The molecule has 2 aromatic rings. The van der Waals surface area contributed by atoms with E-state index in [1.165, 1.54) is 0 Å². The summed E-state index contributed by atoms with van der Waals surface area (Å²) in [5.41, 5.74) is 1.17. The van der Waals surface area contributed by atoms with E-state index in [0.29, 0.717) is 6.42 Å². The lowest BCUT2D eigenvalue weighted by Crippen LogP contribution is -2.33. The first-order valence-electron chi connectivity index (χ1n) is 7.71. The Morgan fingerprint density at radius 3 is 2.09 bits per heavy atom. The Bertz CT molecular complexity index is 689. The van der Waals surface area contributed by atoms with Crippen molar-refractivity contribution in [3.05, 3.63) is 71.8 Å². The number of nitrogens with zero attached hydrogens (tertiary/aromatic N) is 2. The van der Waals surface area contributed by atoms with Gasteiger partial charge in [0.1, 0.15) is 0 Å². The molecular weight excluding hydrogens is 284 g/mol. The first kappa shape index (κ1) is 16.8. The minimum absolute atomic E-state index is 0.0243. The van der Waals surface area contributed by atoms with E-state index < -0.39 is 5.41 Å². The molecule has 23 heavy (non-hydrogen) atoms. The second-order valence-corrected chi connectivity index (χ2v) is 6.14. The molecule has 0 fully saturated rings. The molecule has 0 saturated carbocycles. The predicted molar refractivity (Wildman–Crippen MR) is 91.9 cm³/mol. The van der Waals surface area contributed by atoms with E-state index in [1.807, 2.05) is 67.6 Å². The number of benzene rings is 2. The fourth-order valence-electron chi connectivity index (χ4n) is 2.83. The van der Waals surface area contributed by atoms with Crippen LogP contribution >= 0.6 is 0 Å². The highest BCUT2D eigenvalue weighted by Crippen LogP contribution is 2.41. The minimum atomic E-state index is -0.770. The van der Waals surface area contributed by atoms with Gasteiger partial charge in [-0.25, -0.2) is 0 Å². The summed E-state index contributed by atoms with van der Waals surface area (Å²) < 4.78 is 0. The van der Waals surface area contributed by atoms with Crippen molar-refractivity contribution in [2.24, 2.45) is 0 Å². The third-order valence-electron chi connectivity index (χ3n) is 4.38. The highest BCUT2D eigenvalue weighted by atomic mass is 16.2. The van der Waals surface area contributed by atoms with Gasteiger partial charge in [-0.15, -0.1) is 0 Å². The topological polar surface area (TPSA) is 44.1 Å². The Labute approximate surface area is 138 Å². The molecule has 0 aromatic heterocycles. The molecule has 0 unspecified atom stereocenters. The normalized spacial score (nSPS) is 14.3. The van der Waals surface area contributed by atoms with E-state index in [9.17, 15) is 10.1 Å². The lowest BCUT2D eigenvalue weighted by molar-refractivity contribution is -0.129. The van der Waals surface area contributed by atoms with Gasteiger partial charge in [0.2, 0.25) is 5.91 Å². The fraction of sp³-hybridized carbons (Fsp3) is 0.300. The molecule has 0 saturated heterocycles. The first-order valence-corrected chi connectivity index (χ1v) is 7.71. The Balaban J connectivity index is 2.51. The molecule has 2 atom stereocenters. The summed E-state index contributed by atoms with van der Waals surface area (Å²) in [6, 6.07) is 22.0. The molecule has 0 radical (unpaired) electrons. The van der Waals surface area contributed by atoms with Gasteiger partial charge in [0.05, 0.1) is 11.5 Å². The van der Waals surface area contributed by atoms with Crippen molar-refractivity contribution in [2.45, 2.75) is 24.7 Å². The molecule has 3 nitrogen and oxygen atoms in total. The van der Waals surface area contributed by atoms with Crippen LogP contribution < -0.4 is 0 Å². The number of carbonyl (C=O) groups is 1. The number of amides is 1. The molecule has 2 aromatic carbocycles. The number of carbonyl (C=O) groups excluding carboxylic acids is 1. The molecule has 0 N–H and O–H groups in total. The molecule has 1 amide bonds. The van der Waals surface area contributed by atoms with Gasteiger partial charge < -0.3 is 4.90 Å². The van der Waals surface area contributed by atoms with Crippen molar-refractivity contribution in [3.8, 4) is 6.07 Å². The zero-order chi connectivity index (χ0) is 16.9. The molecule has 0 bridgehead atoms. The Morgan fingerprint density at radius 1 is 1.09 bits per heavy atom. The van der Waals surface area contributed by atoms with Gasteiger partial charge >= 0.3 is 0 Å². The van der Waals surface area contributed by atoms with E-state index in [2.05, 4.69) is 6.07 Å². The summed E-state index contributed by atoms with van der Waals surface area (Å²) in [6.45, 7) is 1.92. The predicted octanol–water partition coefficient (Wildman–Crippen LogP) is 3.73. The van der Waals surface area contributed by atoms with E-state index in [0.717, 1.165) is 11.1 Å². The zero-order valence-electron chi connectivity index (χ0n) is 13.9. The van der Waals surface area contributed by atoms with E-state index in [-0.39, 0.29) is 11.8 Å². The third kappa shape index (κ3) is 3.60. The van der Waals surface area contributed by atoms with Crippen molar-refractivity contribution in [2.75, 3.05) is 14.1 Å². The molecule has 2 rings (SSSR count). The third-order valence-corrected chi connectivity index (χ3v) is 4.38. The zero-order valence-corrected chi connectivity index (χ0v) is 13.9. The van der Waals surface area contributed by atoms with Crippen LogP contribution in [0.5, 0.6) is 0 Å². The van der Waals surface area contributed by atoms with Gasteiger partial charge in [0.15, 0.2) is 0 Å². The van der Waals surface area contributed by atoms with E-state index in [1.54, 1.807) is 19.0 Å². The quantitative estimate of drug-likeness (QED) is 0.845. The summed E-state index contributed by atoms with van der Waals surface area (Å²) >= 11 is 0. The molecule has 0 spiro atoms. The van der Waals surface area contributed by atoms with E-state index >= 15 is 0 Å². The molecule has 0 aliphatic heterocycles. The van der Waals surface area contributed by atoms with Crippen molar-refractivity contribution >= 4 is 5.91 Å². The Morgan fingerprint density at radius 2 is 1.61 bits per heavy atom. The van der Waals surface area contributed by atoms with Crippen molar-refractivity contribution in [3.63, 3.8) is 0 Å². The molecule has 0 aliphatic rings. The average molecular weight is 306 g/mol. The molecule has 0 heterocycles. The minimum Gasteiger partial charge on any atom is -0.349 e. The van der Waals surface area contributed by atoms with Crippen LogP contribution in [0.2, 0.25) is 0 Å². The van der Waals surface area contributed by atoms with Gasteiger partial charge in [0.25, 0.3) is 0 Å². The molecular formula is C20H22N2O. The van der Waals surface area contributed by atoms with E-state index in [4.69, 9.17) is 0 Å². The van der Waals surface area contributed by atoms with Crippen molar-refractivity contribution < 1.29 is 4.79 Å². The Kier molecular flexibility index (Phi) is 5.18. The number of hydrogen-bond donors (Lipinski definition) is 0. The second-order valence-electron chi connectivity index (χ2n) is 6.14. The Hall–Kier alpha value is -2.60. The van der Waals surface area contributed by atoms with Crippen molar-refractivity contribution in [1.29, 1.82) is 5.26 Å². The average Bonchev–Trinajstić information content (AvgIpc) is 2.60. The lowest BCUT2D eigenvalue weighted by Gasteiger charge is -2.33. The van der Waals surface area contributed by atoms with Crippen LogP contribution in [-0.4, -0.2) is 24.9 Å². The van der Waals surface area contributed by atoms with Crippen LogP contribution in [0, 0.1) is 11.3 Å². The number of hydrogen-bond acceptors (Lipinski definition) is 2. The van der Waals surface area contributed by atoms with Gasteiger partial charge in [0, 0.05) is 26.4 Å². The molecule has 0 aliphatic carbocycles. The van der Waals surface area contributed by atoms with Gasteiger partial charge in [-0.1, -0.05) is 60.7 Å². The summed E-state index contributed by atoms with van der Waals surface area (Å²) in [5, 5.41) is 9.95.